The highest BCUT2D eigenvalue weighted by atomic mass is 79.9. The van der Waals surface area contributed by atoms with Gasteiger partial charge in [-0.05, 0) is 37.0 Å². The van der Waals surface area contributed by atoms with E-state index in [1.807, 2.05) is 12.1 Å². The van der Waals surface area contributed by atoms with E-state index in [0.29, 0.717) is 0 Å². The Morgan fingerprint density at radius 1 is 1.38 bits per heavy atom. The molecule has 1 aliphatic carbocycles. The maximum Gasteiger partial charge on any atom is 0.0873 e. The highest BCUT2D eigenvalue weighted by molar-refractivity contribution is 9.10. The second kappa shape index (κ2) is 3.14. The van der Waals surface area contributed by atoms with Crippen molar-refractivity contribution in [2.45, 2.75) is 19.8 Å². The number of nitrogens with zero attached hydrogens (tertiary/aromatic N) is 1. The van der Waals surface area contributed by atoms with Crippen LogP contribution in [0.4, 0.5) is 0 Å². The molecule has 1 aliphatic rings. The number of benzene rings is 1. The van der Waals surface area contributed by atoms with Crippen molar-refractivity contribution in [3.63, 3.8) is 0 Å². The molecule has 1 aromatic rings. The van der Waals surface area contributed by atoms with Crippen LogP contribution in [0.3, 0.4) is 0 Å². The zero-order valence-electron chi connectivity index (χ0n) is 7.34. The average molecular weight is 240 g/mol. The van der Waals surface area contributed by atoms with Gasteiger partial charge in [0.25, 0.3) is 0 Å². The number of halogens is 1. The number of rotatable bonds is 0. The Kier molecular flexibility index (Phi) is 2.12. The zero-order chi connectivity index (χ0) is 9.42. The summed E-state index contributed by atoms with van der Waals surface area (Å²) in [4.78, 5) is 0. The third-order valence-electron chi connectivity index (χ3n) is 2.58. The predicted molar refractivity (Wildman–Crippen MR) is 55.5 cm³/mol. The van der Waals surface area contributed by atoms with Crippen molar-refractivity contribution in [1.29, 1.82) is 0 Å². The summed E-state index contributed by atoms with van der Waals surface area (Å²) in [6, 6.07) is 4.01. The molecule has 0 unspecified atom stereocenters. The summed E-state index contributed by atoms with van der Waals surface area (Å²) in [5.74, 6) is 0. The summed E-state index contributed by atoms with van der Waals surface area (Å²) in [5, 5.41) is 12.1. The smallest absolute Gasteiger partial charge is 0.0873 e. The van der Waals surface area contributed by atoms with E-state index in [0.717, 1.165) is 28.6 Å². The maximum absolute atomic E-state index is 8.75. The standard InChI is InChI=1S/C10H10BrNO/c1-6-7-3-5-10(12-13)8(7)2-4-9(6)11/h2,4,13H,3,5H2,1H3. The van der Waals surface area contributed by atoms with E-state index in [1.165, 1.54) is 11.1 Å². The lowest BCUT2D eigenvalue weighted by Crippen LogP contribution is -1.94. The SMILES string of the molecule is Cc1c(Br)ccc2c1CCC2=NO. The Morgan fingerprint density at radius 2 is 2.15 bits per heavy atom. The van der Waals surface area contributed by atoms with Gasteiger partial charge in [-0.3, -0.25) is 0 Å². The number of fused-ring (bicyclic) bond motifs is 1. The van der Waals surface area contributed by atoms with E-state index < -0.39 is 0 Å². The van der Waals surface area contributed by atoms with Crippen molar-refractivity contribution in [2.24, 2.45) is 5.16 Å². The fourth-order valence-corrected chi connectivity index (χ4v) is 2.17. The van der Waals surface area contributed by atoms with Crippen molar-refractivity contribution >= 4 is 21.6 Å². The van der Waals surface area contributed by atoms with Crippen molar-refractivity contribution in [3.8, 4) is 0 Å². The van der Waals surface area contributed by atoms with Crippen LogP contribution < -0.4 is 0 Å². The molecule has 0 saturated heterocycles. The third-order valence-corrected chi connectivity index (χ3v) is 3.43. The second-order valence-electron chi connectivity index (χ2n) is 3.25. The van der Waals surface area contributed by atoms with Gasteiger partial charge in [0.1, 0.15) is 0 Å². The van der Waals surface area contributed by atoms with Gasteiger partial charge >= 0.3 is 0 Å². The molecule has 1 aromatic carbocycles. The second-order valence-corrected chi connectivity index (χ2v) is 4.10. The highest BCUT2D eigenvalue weighted by Gasteiger charge is 2.20. The fourth-order valence-electron chi connectivity index (χ4n) is 1.80. The van der Waals surface area contributed by atoms with Gasteiger partial charge in [-0.2, -0.15) is 0 Å². The van der Waals surface area contributed by atoms with Crippen LogP contribution in [0.25, 0.3) is 0 Å². The Balaban J connectivity index is 2.64. The van der Waals surface area contributed by atoms with Crippen molar-refractivity contribution < 1.29 is 5.21 Å². The molecule has 0 atom stereocenters. The Labute approximate surface area is 85.4 Å². The molecule has 68 valence electrons. The van der Waals surface area contributed by atoms with E-state index in [2.05, 4.69) is 28.0 Å². The minimum absolute atomic E-state index is 0.811. The van der Waals surface area contributed by atoms with Gasteiger partial charge in [-0.15, -0.1) is 0 Å². The van der Waals surface area contributed by atoms with Gasteiger partial charge in [0.2, 0.25) is 0 Å². The molecule has 2 nitrogen and oxygen atoms in total. The van der Waals surface area contributed by atoms with E-state index in [4.69, 9.17) is 5.21 Å². The molecule has 0 amide bonds. The molecule has 0 saturated carbocycles. The number of hydrogen-bond acceptors (Lipinski definition) is 2. The van der Waals surface area contributed by atoms with E-state index in [1.54, 1.807) is 0 Å². The van der Waals surface area contributed by atoms with Crippen molar-refractivity contribution in [1.82, 2.24) is 0 Å². The molecule has 0 fully saturated rings. The molecule has 0 bridgehead atoms. The number of hydrogen-bond donors (Lipinski definition) is 1. The highest BCUT2D eigenvalue weighted by Crippen LogP contribution is 2.30. The molecule has 0 radical (unpaired) electrons. The fraction of sp³-hybridized carbons (Fsp3) is 0.300. The van der Waals surface area contributed by atoms with Crippen LogP contribution in [0.15, 0.2) is 21.8 Å². The van der Waals surface area contributed by atoms with Gasteiger partial charge in [-0.25, -0.2) is 0 Å². The molecular weight excluding hydrogens is 230 g/mol. The van der Waals surface area contributed by atoms with Crippen LogP contribution in [0.2, 0.25) is 0 Å². The quantitative estimate of drug-likeness (QED) is 0.548. The van der Waals surface area contributed by atoms with Crippen LogP contribution in [-0.4, -0.2) is 10.9 Å². The summed E-state index contributed by atoms with van der Waals surface area (Å²) in [6.45, 7) is 2.09. The minimum atomic E-state index is 0.811. The summed E-state index contributed by atoms with van der Waals surface area (Å²) >= 11 is 3.49. The normalized spacial score (nSPS) is 17.8. The monoisotopic (exact) mass is 239 g/mol. The van der Waals surface area contributed by atoms with Gasteiger partial charge < -0.3 is 5.21 Å². The lowest BCUT2D eigenvalue weighted by atomic mass is 10.0. The Hall–Kier alpha value is -0.830. The predicted octanol–water partition coefficient (Wildman–Crippen LogP) is 2.88. The van der Waals surface area contributed by atoms with Crippen LogP contribution in [0, 0.1) is 6.92 Å². The van der Waals surface area contributed by atoms with Crippen LogP contribution in [-0.2, 0) is 6.42 Å². The molecule has 2 rings (SSSR count). The Bertz CT molecular complexity index is 385. The maximum atomic E-state index is 8.75. The van der Waals surface area contributed by atoms with E-state index in [-0.39, 0.29) is 0 Å². The number of oxime groups is 1. The molecule has 13 heavy (non-hydrogen) atoms. The summed E-state index contributed by atoms with van der Waals surface area (Å²) in [5.41, 5.74) is 4.48. The molecule has 3 heteroatoms. The van der Waals surface area contributed by atoms with E-state index in [9.17, 15) is 0 Å². The first-order valence-corrected chi connectivity index (χ1v) is 5.02. The van der Waals surface area contributed by atoms with Gasteiger partial charge in [-0.1, -0.05) is 27.2 Å². The lowest BCUT2D eigenvalue weighted by Gasteiger charge is -2.04. The van der Waals surface area contributed by atoms with Crippen molar-refractivity contribution in [3.05, 3.63) is 33.3 Å². The third kappa shape index (κ3) is 1.27. The molecule has 0 spiro atoms. The average Bonchev–Trinajstić information content (AvgIpc) is 2.55. The largest absolute Gasteiger partial charge is 0.411 e. The lowest BCUT2D eigenvalue weighted by molar-refractivity contribution is 0.318. The first kappa shape index (κ1) is 8.75. The van der Waals surface area contributed by atoms with Gasteiger partial charge in [0, 0.05) is 10.0 Å². The van der Waals surface area contributed by atoms with Gasteiger partial charge in [0.05, 0.1) is 5.71 Å². The van der Waals surface area contributed by atoms with Crippen LogP contribution in [0.1, 0.15) is 23.1 Å². The molecule has 0 aliphatic heterocycles. The summed E-state index contributed by atoms with van der Waals surface area (Å²) < 4.78 is 1.13. The first-order chi connectivity index (χ1) is 6.24. The van der Waals surface area contributed by atoms with Crippen molar-refractivity contribution in [2.75, 3.05) is 0 Å². The molecule has 0 aromatic heterocycles. The molecule has 0 heterocycles. The summed E-state index contributed by atoms with van der Waals surface area (Å²) in [7, 11) is 0. The van der Waals surface area contributed by atoms with Gasteiger partial charge in [0.15, 0.2) is 0 Å². The first-order valence-electron chi connectivity index (χ1n) is 4.23. The summed E-state index contributed by atoms with van der Waals surface area (Å²) in [6.07, 6.45) is 1.84. The molecule has 1 N–H and O–H groups in total. The van der Waals surface area contributed by atoms with Crippen LogP contribution in [0.5, 0.6) is 0 Å². The van der Waals surface area contributed by atoms with E-state index >= 15 is 0 Å². The minimum Gasteiger partial charge on any atom is -0.411 e. The topological polar surface area (TPSA) is 32.6 Å². The molecular formula is C10H10BrNO. The zero-order valence-corrected chi connectivity index (χ0v) is 8.93. The Morgan fingerprint density at radius 3 is 2.85 bits per heavy atom. The van der Waals surface area contributed by atoms with Crippen LogP contribution >= 0.6 is 15.9 Å².